The van der Waals surface area contributed by atoms with E-state index < -0.39 is 0 Å². The van der Waals surface area contributed by atoms with Gasteiger partial charge in [-0.05, 0) is 147 Å². The number of carbonyl (C=O) groups is 6. The van der Waals surface area contributed by atoms with E-state index in [1.807, 2.05) is 41.5 Å². The number of hydrogen-bond acceptors (Lipinski definition) is 12. The molecule has 8 rings (SSSR count). The van der Waals surface area contributed by atoms with E-state index >= 15 is 0 Å². The Kier molecular flexibility index (Phi) is 18.5. The van der Waals surface area contributed by atoms with Crippen LogP contribution in [0.15, 0.2) is 58.9 Å². The van der Waals surface area contributed by atoms with Gasteiger partial charge in [-0.15, -0.1) is 0 Å². The van der Waals surface area contributed by atoms with E-state index in [9.17, 15) is 28.8 Å². The second-order valence-electron chi connectivity index (χ2n) is 17.9. The van der Waals surface area contributed by atoms with Crippen molar-refractivity contribution in [3.05, 3.63) is 126 Å². The van der Waals surface area contributed by atoms with E-state index in [0.717, 1.165) is 96.2 Å². The molecule has 0 aromatic heterocycles. The summed E-state index contributed by atoms with van der Waals surface area (Å²) in [5.74, 6) is -1.77. The van der Waals surface area contributed by atoms with Crippen LogP contribution in [0.5, 0.6) is 0 Å². The fourth-order valence-corrected chi connectivity index (χ4v) is 16.9. The van der Waals surface area contributed by atoms with Crippen LogP contribution in [-0.2, 0) is 107 Å². The monoisotopic (exact) mass is 1090 g/mol. The van der Waals surface area contributed by atoms with Crippen LogP contribution in [0.1, 0.15) is 150 Å². The molecule has 18 heteroatoms. The van der Waals surface area contributed by atoms with E-state index in [4.69, 9.17) is 0 Å². The number of amides is 6. The molecule has 6 amide bonds. The van der Waals surface area contributed by atoms with Crippen molar-refractivity contribution >= 4 is 106 Å². The Hall–Kier alpha value is -4.20. The molecular weight excluding hydrogens is 1020 g/mol. The maximum atomic E-state index is 14.5. The van der Waals surface area contributed by atoms with Gasteiger partial charge in [-0.2, -0.15) is 0 Å². The quantitative estimate of drug-likeness (QED) is 0.162. The molecule has 6 aliphatic heterocycles. The summed E-state index contributed by atoms with van der Waals surface area (Å²) in [5, 5.41) is 19.5. The van der Waals surface area contributed by atoms with Crippen molar-refractivity contribution in [2.45, 2.75) is 161 Å². The molecule has 6 heterocycles. The van der Waals surface area contributed by atoms with Crippen molar-refractivity contribution in [2.24, 2.45) is 0 Å². The Balaban J connectivity index is 1.49. The number of allylic oxidation sites excluding steroid dienone is 6. The van der Waals surface area contributed by atoms with Gasteiger partial charge >= 0.3 is 0 Å². The topological polar surface area (TPSA) is 175 Å². The highest BCUT2D eigenvalue weighted by molar-refractivity contribution is 8.15. The number of hydrogen-bond donors (Lipinski definition) is 6. The Morgan fingerprint density at radius 2 is 0.403 bits per heavy atom. The lowest BCUT2D eigenvalue weighted by Crippen LogP contribution is -2.33. The number of benzene rings is 2. The predicted octanol–water partition coefficient (Wildman–Crippen LogP) is 10.3. The second kappa shape index (κ2) is 24.0. The molecule has 2 aromatic rings. The van der Waals surface area contributed by atoms with Gasteiger partial charge in [0.2, 0.25) is 0 Å². The average Bonchev–Trinajstić information content (AvgIpc) is 3.35. The van der Waals surface area contributed by atoms with E-state index in [2.05, 4.69) is 73.4 Å². The Morgan fingerprint density at radius 1 is 0.264 bits per heavy atom. The number of rotatable bonds is 6. The molecule has 0 radical (unpaired) electrons. The minimum atomic E-state index is -0.294. The fourth-order valence-electron chi connectivity index (χ4n) is 10.5. The van der Waals surface area contributed by atoms with Crippen molar-refractivity contribution in [2.75, 3.05) is 0 Å². The third-order valence-corrected chi connectivity index (χ3v) is 21.7. The predicted molar refractivity (Wildman–Crippen MR) is 302 cm³/mol. The normalized spacial score (nSPS) is 19.0. The Labute approximate surface area is 450 Å². The molecule has 0 atom stereocenters. The van der Waals surface area contributed by atoms with Crippen molar-refractivity contribution in [3.8, 4) is 0 Å². The first-order valence-corrected chi connectivity index (χ1v) is 29.7. The molecule has 72 heavy (non-hydrogen) atoms. The molecule has 0 aliphatic carbocycles. The Bertz CT molecular complexity index is 2370. The second-order valence-corrected chi connectivity index (χ2v) is 25.2. The summed E-state index contributed by atoms with van der Waals surface area (Å²) in [7, 11) is 0. The average molecular weight is 1090 g/mol. The summed E-state index contributed by atoms with van der Waals surface area (Å²) in [6.07, 6.45) is 3.58. The van der Waals surface area contributed by atoms with Crippen LogP contribution < -0.4 is 31.9 Å². The molecule has 0 unspecified atom stereocenters. The van der Waals surface area contributed by atoms with E-state index in [0.29, 0.717) is 68.0 Å². The summed E-state index contributed by atoms with van der Waals surface area (Å²) in [6, 6.07) is 0. The van der Waals surface area contributed by atoms with Crippen LogP contribution in [0, 0.1) is 0 Å². The molecule has 0 fully saturated rings. The van der Waals surface area contributed by atoms with Gasteiger partial charge in [0.25, 0.3) is 35.4 Å². The Morgan fingerprint density at radius 3 is 0.528 bits per heavy atom. The molecule has 12 bridgehead atoms. The van der Waals surface area contributed by atoms with E-state index in [1.165, 1.54) is 70.6 Å². The van der Waals surface area contributed by atoms with Crippen LogP contribution in [0.25, 0.3) is 0 Å². The smallest absolute Gasteiger partial charge is 0.259 e. The molecule has 0 saturated carbocycles. The van der Waals surface area contributed by atoms with Crippen molar-refractivity contribution in [1.82, 2.24) is 31.9 Å². The van der Waals surface area contributed by atoms with Gasteiger partial charge in [-0.3, -0.25) is 28.8 Å². The lowest BCUT2D eigenvalue weighted by Gasteiger charge is -2.29. The molecule has 0 spiro atoms. The van der Waals surface area contributed by atoms with Crippen molar-refractivity contribution in [1.29, 1.82) is 0 Å². The SMILES string of the molecule is CCc1c2c(CC)c3c(CC)c1CNC(=O)C1=C(C)SC(C)=C(S1)C(=O)NCc1c(CC)c(c(CC)c(c1CC)CNC(=O)C1=C(C)SC(C)=C(S1)C(=O)NC3)CNC(=O)C1=C(C)SC(C)=C(S1)C(=O)NC2. The first-order chi connectivity index (χ1) is 34.4. The number of thioether (sulfide) groups is 6. The standard InChI is InChI=1S/C54H66N6O6S6/c1-13-31-37-19-55-49(61)43-25(7)67-28(10)46(70-43)52(64)58-22-40-34(16-4)41-23-59-53(65)47-29(11)68-26(8)44(71-47)50(62)56-20-38(31)33(15-3)39(32(37)14-2)21-57-51(63)45-27(9)69-30(12)48(72-45)54(66)60-24-42(35(40)17-5)36(41)18-6/h13-24H2,1-12H3,(H,55,61)(H,56,62)(H,57,63)(H,58,64)(H,59,65)(H,60,66). The fraction of sp³-hybridized carbons (Fsp3) is 0.444. The first kappa shape index (κ1) is 55.5. The maximum absolute atomic E-state index is 14.5. The summed E-state index contributed by atoms with van der Waals surface area (Å²) >= 11 is 7.76. The third-order valence-electron chi connectivity index (χ3n) is 13.7. The van der Waals surface area contributed by atoms with Gasteiger partial charge in [0.15, 0.2) is 0 Å². The molecule has 384 valence electrons. The molecule has 6 N–H and O–H groups in total. The third kappa shape index (κ3) is 11.1. The van der Waals surface area contributed by atoms with Gasteiger partial charge in [-0.1, -0.05) is 112 Å². The minimum absolute atomic E-state index is 0.167. The minimum Gasteiger partial charge on any atom is -0.347 e. The summed E-state index contributed by atoms with van der Waals surface area (Å²) in [4.78, 5) is 94.6. The maximum Gasteiger partial charge on any atom is 0.259 e. The number of nitrogens with one attached hydrogen (secondary N) is 6. The molecule has 6 aliphatic rings. The van der Waals surface area contributed by atoms with Crippen LogP contribution in [0.2, 0.25) is 0 Å². The van der Waals surface area contributed by atoms with Crippen LogP contribution in [0.4, 0.5) is 0 Å². The van der Waals surface area contributed by atoms with E-state index in [1.54, 1.807) is 0 Å². The molecule has 12 nitrogen and oxygen atoms in total. The van der Waals surface area contributed by atoms with E-state index in [-0.39, 0.29) is 74.7 Å². The van der Waals surface area contributed by atoms with Crippen LogP contribution in [-0.4, -0.2) is 35.4 Å². The summed E-state index contributed by atoms with van der Waals surface area (Å²) in [5.41, 5.74) is 11.5. The highest BCUT2D eigenvalue weighted by Crippen LogP contribution is 2.48. The number of fused-ring (bicyclic) bond motifs is 12. The lowest BCUT2D eigenvalue weighted by atomic mass is 9.83. The zero-order valence-corrected chi connectivity index (χ0v) is 48.3. The van der Waals surface area contributed by atoms with Crippen molar-refractivity contribution < 1.29 is 28.8 Å². The largest absolute Gasteiger partial charge is 0.347 e. The number of carbonyl (C=O) groups excluding carboxylic acids is 6. The van der Waals surface area contributed by atoms with Gasteiger partial charge in [0, 0.05) is 68.7 Å². The van der Waals surface area contributed by atoms with Crippen molar-refractivity contribution in [3.63, 3.8) is 0 Å². The zero-order valence-electron chi connectivity index (χ0n) is 43.4. The molecule has 2 aromatic carbocycles. The highest BCUT2D eigenvalue weighted by Gasteiger charge is 2.33. The van der Waals surface area contributed by atoms with Crippen LogP contribution >= 0.6 is 70.6 Å². The summed E-state index contributed by atoms with van der Waals surface area (Å²) < 4.78 is 0. The van der Waals surface area contributed by atoms with Gasteiger partial charge in [-0.25, -0.2) is 0 Å². The first-order valence-electron chi connectivity index (χ1n) is 24.8. The molecular formula is C54H66N6O6S6. The highest BCUT2D eigenvalue weighted by atomic mass is 32.2. The van der Waals surface area contributed by atoms with Gasteiger partial charge in [0.1, 0.15) is 0 Å². The van der Waals surface area contributed by atoms with Crippen LogP contribution in [0.3, 0.4) is 0 Å². The van der Waals surface area contributed by atoms with Gasteiger partial charge < -0.3 is 31.9 Å². The summed E-state index contributed by atoms with van der Waals surface area (Å²) in [6.45, 7) is 24.8. The lowest BCUT2D eigenvalue weighted by molar-refractivity contribution is -0.118. The van der Waals surface area contributed by atoms with Gasteiger partial charge in [0.05, 0.1) is 29.4 Å². The molecule has 0 saturated heterocycles. The zero-order chi connectivity index (χ0) is 52.3.